The number of carbonyl (C=O) groups is 3. The third kappa shape index (κ3) is 4.06. The van der Waals surface area contributed by atoms with E-state index in [2.05, 4.69) is 0 Å². The SMILES string of the molecule is CC(=O)O[C@@H](CCC(C)(C)O)c1cc(O)c2c(c1O)C(=O)C=CC2=O. The maximum atomic E-state index is 12.1. The first-order chi connectivity index (χ1) is 11.5. The number of hydrogen-bond donors (Lipinski definition) is 3. The first-order valence-corrected chi connectivity index (χ1v) is 7.76. The Labute approximate surface area is 144 Å². The van der Waals surface area contributed by atoms with Crippen LogP contribution in [0.3, 0.4) is 0 Å². The Hall–Kier alpha value is -2.67. The molecule has 0 saturated heterocycles. The van der Waals surface area contributed by atoms with E-state index in [1.54, 1.807) is 13.8 Å². The van der Waals surface area contributed by atoms with Crippen LogP contribution in [0.1, 0.15) is 66.0 Å². The Bertz CT molecular complexity index is 769. The molecule has 7 heteroatoms. The number of phenols is 2. The Kier molecular flexibility index (Phi) is 4.99. The monoisotopic (exact) mass is 348 g/mol. The minimum atomic E-state index is -1.04. The van der Waals surface area contributed by atoms with Gasteiger partial charge in [0.15, 0.2) is 11.6 Å². The number of hydrogen-bond acceptors (Lipinski definition) is 7. The fourth-order valence-electron chi connectivity index (χ4n) is 2.69. The van der Waals surface area contributed by atoms with Crippen molar-refractivity contribution in [3.8, 4) is 11.5 Å². The molecular formula is C18H20O7. The summed E-state index contributed by atoms with van der Waals surface area (Å²) in [4.78, 5) is 35.3. The molecule has 0 amide bonds. The molecule has 1 aromatic rings. The number of ketones is 2. The summed E-state index contributed by atoms with van der Waals surface area (Å²) in [6, 6.07) is 1.11. The highest BCUT2D eigenvalue weighted by Gasteiger charge is 2.32. The van der Waals surface area contributed by atoms with Crippen LogP contribution < -0.4 is 0 Å². The van der Waals surface area contributed by atoms with Crippen LogP contribution in [0.25, 0.3) is 0 Å². The molecule has 3 N–H and O–H groups in total. The van der Waals surface area contributed by atoms with E-state index in [0.29, 0.717) is 0 Å². The minimum absolute atomic E-state index is 0.00662. The maximum absolute atomic E-state index is 12.1. The number of fused-ring (bicyclic) bond motifs is 1. The van der Waals surface area contributed by atoms with Gasteiger partial charge in [-0.15, -0.1) is 0 Å². The number of aliphatic hydroxyl groups is 1. The van der Waals surface area contributed by atoms with Crippen molar-refractivity contribution in [3.05, 3.63) is 34.9 Å². The Morgan fingerprint density at radius 2 is 1.72 bits per heavy atom. The van der Waals surface area contributed by atoms with Gasteiger partial charge >= 0.3 is 5.97 Å². The van der Waals surface area contributed by atoms with E-state index in [-0.39, 0.29) is 29.5 Å². The van der Waals surface area contributed by atoms with Crippen molar-refractivity contribution >= 4 is 17.5 Å². The molecule has 0 spiro atoms. The van der Waals surface area contributed by atoms with Crippen LogP contribution in [-0.4, -0.2) is 38.5 Å². The van der Waals surface area contributed by atoms with Crippen molar-refractivity contribution in [1.82, 2.24) is 0 Å². The second kappa shape index (κ2) is 6.68. The fourth-order valence-corrected chi connectivity index (χ4v) is 2.69. The third-order valence-electron chi connectivity index (χ3n) is 3.86. The molecule has 1 aliphatic rings. The third-order valence-corrected chi connectivity index (χ3v) is 3.86. The Morgan fingerprint density at radius 1 is 1.16 bits per heavy atom. The highest BCUT2D eigenvalue weighted by Crippen LogP contribution is 2.41. The molecule has 0 aromatic heterocycles. The molecule has 134 valence electrons. The molecule has 0 aliphatic heterocycles. The van der Waals surface area contributed by atoms with E-state index >= 15 is 0 Å². The van der Waals surface area contributed by atoms with Crippen LogP contribution in [0.4, 0.5) is 0 Å². The molecule has 0 bridgehead atoms. The smallest absolute Gasteiger partial charge is 0.303 e. The molecule has 0 unspecified atom stereocenters. The molecule has 0 fully saturated rings. The van der Waals surface area contributed by atoms with Gasteiger partial charge in [-0.1, -0.05) is 0 Å². The molecule has 0 radical (unpaired) electrons. The quantitative estimate of drug-likeness (QED) is 0.551. The van der Waals surface area contributed by atoms with E-state index in [9.17, 15) is 29.7 Å². The lowest BCUT2D eigenvalue weighted by atomic mass is 9.88. The molecule has 2 rings (SSSR count). The summed E-state index contributed by atoms with van der Waals surface area (Å²) in [6.45, 7) is 4.34. The first-order valence-electron chi connectivity index (χ1n) is 7.76. The predicted octanol–water partition coefficient (Wildman–Crippen LogP) is 2.19. The van der Waals surface area contributed by atoms with E-state index in [0.717, 1.165) is 18.2 Å². The van der Waals surface area contributed by atoms with Crippen LogP contribution in [0, 0.1) is 0 Å². The summed E-state index contributed by atoms with van der Waals surface area (Å²) in [7, 11) is 0. The van der Waals surface area contributed by atoms with Gasteiger partial charge in [0, 0.05) is 12.5 Å². The zero-order valence-corrected chi connectivity index (χ0v) is 14.2. The molecular weight excluding hydrogens is 328 g/mol. The van der Waals surface area contributed by atoms with Gasteiger partial charge in [0.1, 0.15) is 17.6 Å². The van der Waals surface area contributed by atoms with Gasteiger partial charge in [0.25, 0.3) is 0 Å². The van der Waals surface area contributed by atoms with E-state index in [4.69, 9.17) is 4.74 Å². The predicted molar refractivity (Wildman–Crippen MR) is 87.6 cm³/mol. The Morgan fingerprint density at radius 3 is 2.24 bits per heavy atom. The lowest BCUT2D eigenvalue weighted by molar-refractivity contribution is -0.147. The zero-order chi connectivity index (χ0) is 18.9. The van der Waals surface area contributed by atoms with Crippen molar-refractivity contribution in [2.45, 2.75) is 45.3 Å². The van der Waals surface area contributed by atoms with Gasteiger partial charge in [0.05, 0.1) is 16.7 Å². The van der Waals surface area contributed by atoms with E-state index < -0.39 is 40.7 Å². The fraction of sp³-hybridized carbons (Fsp3) is 0.389. The molecule has 1 aromatic carbocycles. The van der Waals surface area contributed by atoms with Crippen LogP contribution >= 0.6 is 0 Å². The number of rotatable bonds is 5. The Balaban J connectivity index is 2.54. The molecule has 1 aliphatic carbocycles. The number of ether oxygens (including phenoxy) is 1. The van der Waals surface area contributed by atoms with E-state index in [1.807, 2.05) is 0 Å². The molecule has 0 saturated carbocycles. The minimum Gasteiger partial charge on any atom is -0.507 e. The summed E-state index contributed by atoms with van der Waals surface area (Å²) in [5.41, 5.74) is -1.63. The average Bonchev–Trinajstić information content (AvgIpc) is 2.48. The highest BCUT2D eigenvalue weighted by atomic mass is 16.5. The summed E-state index contributed by atoms with van der Waals surface area (Å²) < 4.78 is 5.19. The van der Waals surface area contributed by atoms with Crippen LogP contribution in [0.15, 0.2) is 18.2 Å². The summed E-state index contributed by atoms with van der Waals surface area (Å²) in [5.74, 6) is -2.86. The van der Waals surface area contributed by atoms with Crippen molar-refractivity contribution in [1.29, 1.82) is 0 Å². The number of benzene rings is 1. The molecule has 0 heterocycles. The number of phenolic OH excluding ortho intramolecular Hbond substituents is 2. The van der Waals surface area contributed by atoms with Crippen molar-refractivity contribution in [3.63, 3.8) is 0 Å². The van der Waals surface area contributed by atoms with Gasteiger partial charge in [-0.3, -0.25) is 14.4 Å². The average molecular weight is 348 g/mol. The number of aromatic hydroxyl groups is 2. The van der Waals surface area contributed by atoms with Gasteiger partial charge in [-0.05, 0) is 44.9 Å². The number of carbonyl (C=O) groups excluding carboxylic acids is 3. The second-order valence-corrected chi connectivity index (χ2v) is 6.59. The van der Waals surface area contributed by atoms with E-state index in [1.165, 1.54) is 6.92 Å². The van der Waals surface area contributed by atoms with Crippen molar-refractivity contribution < 1.29 is 34.4 Å². The van der Waals surface area contributed by atoms with Crippen molar-refractivity contribution in [2.75, 3.05) is 0 Å². The standard InChI is InChI=1S/C18H20O7/c1-9(19)25-14(6-7-18(2,3)24)10-8-13(22)15-11(20)4-5-12(21)16(15)17(10)23/h4-5,8,14,22-24H,6-7H2,1-3H3/t14-/m0/s1. The summed E-state index contributed by atoms with van der Waals surface area (Å²) >= 11 is 0. The maximum Gasteiger partial charge on any atom is 0.303 e. The topological polar surface area (TPSA) is 121 Å². The van der Waals surface area contributed by atoms with Crippen LogP contribution in [0.5, 0.6) is 11.5 Å². The summed E-state index contributed by atoms with van der Waals surface area (Å²) in [6.07, 6.45) is 1.41. The number of allylic oxidation sites excluding steroid dienone is 2. The van der Waals surface area contributed by atoms with Crippen molar-refractivity contribution in [2.24, 2.45) is 0 Å². The lowest BCUT2D eigenvalue weighted by Crippen LogP contribution is -2.21. The molecule has 7 nitrogen and oxygen atoms in total. The zero-order valence-electron chi connectivity index (χ0n) is 14.2. The number of esters is 1. The molecule has 25 heavy (non-hydrogen) atoms. The first kappa shape index (κ1) is 18.7. The van der Waals surface area contributed by atoms with Gasteiger partial charge in [-0.2, -0.15) is 0 Å². The second-order valence-electron chi connectivity index (χ2n) is 6.59. The summed E-state index contributed by atoms with van der Waals surface area (Å²) in [5, 5.41) is 30.5. The van der Waals surface area contributed by atoms with Gasteiger partial charge in [-0.25, -0.2) is 0 Å². The molecule has 1 atom stereocenters. The normalized spacial score (nSPS) is 15.0. The lowest BCUT2D eigenvalue weighted by Gasteiger charge is -2.25. The highest BCUT2D eigenvalue weighted by molar-refractivity contribution is 6.24. The van der Waals surface area contributed by atoms with Crippen LogP contribution in [-0.2, 0) is 9.53 Å². The van der Waals surface area contributed by atoms with Gasteiger partial charge in [0.2, 0.25) is 0 Å². The largest absolute Gasteiger partial charge is 0.507 e. The van der Waals surface area contributed by atoms with Gasteiger partial charge < -0.3 is 20.1 Å². The van der Waals surface area contributed by atoms with Crippen LogP contribution in [0.2, 0.25) is 0 Å².